The van der Waals surface area contributed by atoms with Crippen molar-refractivity contribution in [3.63, 3.8) is 0 Å². The Morgan fingerprint density at radius 1 is 0.867 bits per heavy atom. The predicted molar refractivity (Wildman–Crippen MR) is 119 cm³/mol. The number of furan rings is 1. The fourth-order valence-electron chi connectivity index (χ4n) is 3.38. The molecule has 0 saturated carbocycles. The Kier molecular flexibility index (Phi) is 4.58. The molecule has 2 aromatic heterocycles. The number of hydrogen-bond acceptors (Lipinski definition) is 3. The molecule has 0 saturated heterocycles. The summed E-state index contributed by atoms with van der Waals surface area (Å²) in [4.78, 5) is 12.5. The maximum Gasteiger partial charge on any atom is 0.185 e. The summed E-state index contributed by atoms with van der Waals surface area (Å²) in [5.74, 6) is 0.608. The van der Waals surface area contributed by atoms with Crippen LogP contribution in [-0.2, 0) is 0 Å². The summed E-state index contributed by atoms with van der Waals surface area (Å²) in [6, 6.07) is 28.9. The first kappa shape index (κ1) is 17.9. The van der Waals surface area contributed by atoms with E-state index >= 15 is 0 Å². The Labute approximate surface area is 173 Å². The van der Waals surface area contributed by atoms with E-state index in [9.17, 15) is 4.79 Å². The smallest absolute Gasteiger partial charge is 0.185 e. The van der Waals surface area contributed by atoms with Crippen LogP contribution in [-0.4, -0.2) is 15.6 Å². The van der Waals surface area contributed by atoms with Crippen molar-refractivity contribution in [3.05, 3.63) is 114 Å². The molecule has 4 heteroatoms. The van der Waals surface area contributed by atoms with Crippen LogP contribution in [0.2, 0.25) is 0 Å². The number of carbonyl (C=O) groups is 1. The number of benzene rings is 3. The summed E-state index contributed by atoms with van der Waals surface area (Å²) in [5, 5.41) is 5.77. The van der Waals surface area contributed by atoms with Crippen LogP contribution in [0.4, 0.5) is 0 Å². The summed E-state index contributed by atoms with van der Waals surface area (Å²) in [5.41, 5.74) is 3.88. The fourth-order valence-corrected chi connectivity index (χ4v) is 3.38. The lowest BCUT2D eigenvalue weighted by Gasteiger charge is -1.98. The van der Waals surface area contributed by atoms with Crippen molar-refractivity contribution < 1.29 is 9.21 Å². The molecule has 2 heterocycles. The fraction of sp³-hybridized carbons (Fsp3) is 0. The van der Waals surface area contributed by atoms with Gasteiger partial charge in [-0.15, -0.1) is 0 Å². The van der Waals surface area contributed by atoms with Gasteiger partial charge in [0.1, 0.15) is 11.3 Å². The second kappa shape index (κ2) is 7.68. The van der Waals surface area contributed by atoms with Crippen LogP contribution in [0, 0.1) is 0 Å². The van der Waals surface area contributed by atoms with Crippen molar-refractivity contribution in [2.75, 3.05) is 0 Å². The second-order valence-electron chi connectivity index (χ2n) is 6.93. The van der Waals surface area contributed by atoms with Gasteiger partial charge in [-0.2, -0.15) is 5.10 Å². The monoisotopic (exact) mass is 390 g/mol. The van der Waals surface area contributed by atoms with Gasteiger partial charge in [-0.1, -0.05) is 66.7 Å². The van der Waals surface area contributed by atoms with Gasteiger partial charge in [-0.25, -0.2) is 4.68 Å². The second-order valence-corrected chi connectivity index (χ2v) is 6.93. The Morgan fingerprint density at radius 3 is 2.33 bits per heavy atom. The van der Waals surface area contributed by atoms with Crippen LogP contribution in [0.5, 0.6) is 0 Å². The van der Waals surface area contributed by atoms with Crippen molar-refractivity contribution in [1.29, 1.82) is 0 Å². The Balaban J connectivity index is 1.58. The molecule has 144 valence electrons. The van der Waals surface area contributed by atoms with E-state index < -0.39 is 0 Å². The molecule has 30 heavy (non-hydrogen) atoms. The number of rotatable bonds is 5. The Morgan fingerprint density at radius 2 is 1.57 bits per heavy atom. The van der Waals surface area contributed by atoms with Crippen molar-refractivity contribution in [2.45, 2.75) is 0 Å². The van der Waals surface area contributed by atoms with Crippen molar-refractivity contribution in [1.82, 2.24) is 9.78 Å². The highest BCUT2D eigenvalue weighted by molar-refractivity contribution is 6.07. The zero-order valence-electron chi connectivity index (χ0n) is 16.1. The average Bonchev–Trinajstić information content (AvgIpc) is 3.43. The standard InChI is InChI=1S/C26H18N2O2/c29-23(19-9-3-1-4-10-19)16-15-21-18-28(22-12-5-2-6-13-22)27-26(21)25-17-20-11-7-8-14-24(20)30-25/h1-18H/b16-15+. The van der Waals surface area contributed by atoms with Crippen LogP contribution in [0.3, 0.4) is 0 Å². The van der Waals surface area contributed by atoms with Crippen molar-refractivity contribution in [3.8, 4) is 17.1 Å². The number of carbonyl (C=O) groups excluding carboxylic acids is 1. The molecule has 0 spiro atoms. The van der Waals surface area contributed by atoms with Crippen LogP contribution >= 0.6 is 0 Å². The number of hydrogen-bond donors (Lipinski definition) is 0. The van der Waals surface area contributed by atoms with E-state index in [0.29, 0.717) is 17.0 Å². The van der Waals surface area contributed by atoms with Crippen LogP contribution < -0.4 is 0 Å². The van der Waals surface area contributed by atoms with Gasteiger partial charge in [0.15, 0.2) is 11.5 Å². The molecule has 0 N–H and O–H groups in total. The van der Waals surface area contributed by atoms with Gasteiger partial charge >= 0.3 is 0 Å². The van der Waals surface area contributed by atoms with E-state index in [-0.39, 0.29) is 5.78 Å². The average molecular weight is 390 g/mol. The quantitative estimate of drug-likeness (QED) is 0.266. The maximum absolute atomic E-state index is 12.5. The number of nitrogens with zero attached hydrogens (tertiary/aromatic N) is 2. The molecule has 3 aromatic carbocycles. The molecule has 0 fully saturated rings. The Hall–Kier alpha value is -4.18. The molecule has 0 amide bonds. The lowest BCUT2D eigenvalue weighted by Crippen LogP contribution is -1.93. The van der Waals surface area contributed by atoms with E-state index in [1.165, 1.54) is 0 Å². The summed E-state index contributed by atoms with van der Waals surface area (Å²) in [6.07, 6.45) is 5.28. The number of allylic oxidation sites excluding steroid dienone is 1. The van der Waals surface area contributed by atoms with E-state index in [1.807, 2.05) is 85.1 Å². The van der Waals surface area contributed by atoms with Crippen LogP contribution in [0.1, 0.15) is 15.9 Å². The zero-order chi connectivity index (χ0) is 20.3. The van der Waals surface area contributed by atoms with E-state index in [4.69, 9.17) is 9.52 Å². The van der Waals surface area contributed by atoms with Gasteiger partial charge in [-0.05, 0) is 36.4 Å². The first-order valence-corrected chi connectivity index (χ1v) is 9.69. The minimum Gasteiger partial charge on any atom is -0.454 e. The molecule has 0 aliphatic heterocycles. The number of aromatic nitrogens is 2. The number of fused-ring (bicyclic) bond motifs is 1. The van der Waals surface area contributed by atoms with E-state index in [2.05, 4.69) is 0 Å². The molecular weight excluding hydrogens is 372 g/mol. The summed E-state index contributed by atoms with van der Waals surface area (Å²) in [6.45, 7) is 0. The first-order valence-electron chi connectivity index (χ1n) is 9.69. The highest BCUT2D eigenvalue weighted by Crippen LogP contribution is 2.30. The van der Waals surface area contributed by atoms with Gasteiger partial charge in [0.25, 0.3) is 0 Å². The third-order valence-electron chi connectivity index (χ3n) is 4.89. The Bertz CT molecular complexity index is 1310. The third-order valence-corrected chi connectivity index (χ3v) is 4.89. The maximum atomic E-state index is 12.5. The first-order chi connectivity index (χ1) is 14.8. The third kappa shape index (κ3) is 3.47. The molecule has 4 nitrogen and oxygen atoms in total. The van der Waals surface area contributed by atoms with Gasteiger partial charge < -0.3 is 4.42 Å². The lowest BCUT2D eigenvalue weighted by atomic mass is 10.1. The minimum absolute atomic E-state index is 0.0568. The number of para-hydroxylation sites is 2. The van der Waals surface area contributed by atoms with Crippen LogP contribution in [0.15, 0.2) is 108 Å². The van der Waals surface area contributed by atoms with Gasteiger partial charge in [0, 0.05) is 22.7 Å². The summed E-state index contributed by atoms with van der Waals surface area (Å²) in [7, 11) is 0. The zero-order valence-corrected chi connectivity index (χ0v) is 16.1. The lowest BCUT2D eigenvalue weighted by molar-refractivity contribution is 0.104. The van der Waals surface area contributed by atoms with Crippen molar-refractivity contribution in [2.24, 2.45) is 0 Å². The topological polar surface area (TPSA) is 48.0 Å². The molecule has 5 aromatic rings. The molecule has 0 bridgehead atoms. The van der Waals surface area contributed by atoms with Gasteiger partial charge in [0.05, 0.1) is 5.69 Å². The highest BCUT2D eigenvalue weighted by atomic mass is 16.3. The largest absolute Gasteiger partial charge is 0.454 e. The van der Waals surface area contributed by atoms with Gasteiger partial charge in [0.2, 0.25) is 0 Å². The predicted octanol–water partition coefficient (Wildman–Crippen LogP) is 6.18. The molecule has 0 radical (unpaired) electrons. The normalized spacial score (nSPS) is 11.3. The van der Waals surface area contributed by atoms with Crippen LogP contribution in [0.25, 0.3) is 34.2 Å². The SMILES string of the molecule is O=C(/C=C/c1cn(-c2ccccc2)nc1-c1cc2ccccc2o1)c1ccccc1. The van der Waals surface area contributed by atoms with Gasteiger partial charge in [-0.3, -0.25) is 4.79 Å². The summed E-state index contributed by atoms with van der Waals surface area (Å²) >= 11 is 0. The molecule has 5 rings (SSSR count). The van der Waals surface area contributed by atoms with E-state index in [1.54, 1.807) is 29.0 Å². The summed E-state index contributed by atoms with van der Waals surface area (Å²) < 4.78 is 7.84. The molecular formula is C26H18N2O2. The van der Waals surface area contributed by atoms with E-state index in [0.717, 1.165) is 22.2 Å². The van der Waals surface area contributed by atoms with Crippen molar-refractivity contribution >= 4 is 22.8 Å². The minimum atomic E-state index is -0.0568. The molecule has 0 aliphatic carbocycles. The highest BCUT2D eigenvalue weighted by Gasteiger charge is 2.15. The molecule has 0 aliphatic rings. The molecule has 0 atom stereocenters. The molecule has 0 unspecified atom stereocenters. The number of ketones is 1.